The zero-order chi connectivity index (χ0) is 14.6. The minimum Gasteiger partial charge on any atom is -0.399 e. The van der Waals surface area contributed by atoms with Crippen molar-refractivity contribution >= 4 is 12.6 Å². The van der Waals surface area contributed by atoms with Crippen molar-refractivity contribution in [2.24, 2.45) is 5.41 Å². The van der Waals surface area contributed by atoms with Crippen LogP contribution in [-0.2, 0) is 20.6 Å². The van der Waals surface area contributed by atoms with Gasteiger partial charge in [-0.05, 0) is 34.6 Å². The Bertz CT molecular complexity index is 492. The first-order valence-corrected chi connectivity index (χ1v) is 7.02. The molecule has 0 unspecified atom stereocenters. The van der Waals surface area contributed by atoms with Crippen molar-refractivity contribution in [2.45, 2.75) is 45.4 Å². The molecule has 1 aromatic heterocycles. The van der Waals surface area contributed by atoms with Gasteiger partial charge < -0.3 is 14.0 Å². The third kappa shape index (κ3) is 2.30. The Hall–Kier alpha value is -0.845. The number of aromatic nitrogens is 2. The summed E-state index contributed by atoms with van der Waals surface area (Å²) in [5, 5.41) is 4.38. The lowest BCUT2D eigenvalue weighted by Crippen LogP contribution is -2.43. The van der Waals surface area contributed by atoms with Crippen molar-refractivity contribution in [3.63, 3.8) is 0 Å². The Balaban J connectivity index is 1.72. The summed E-state index contributed by atoms with van der Waals surface area (Å²) in [5.41, 5.74) is 0.260. The van der Waals surface area contributed by atoms with E-state index in [0.717, 1.165) is 12.0 Å². The van der Waals surface area contributed by atoms with Crippen molar-refractivity contribution in [1.29, 1.82) is 0 Å². The van der Waals surface area contributed by atoms with Crippen LogP contribution in [0.3, 0.4) is 0 Å². The molecule has 2 aliphatic rings. The zero-order valence-corrected chi connectivity index (χ0v) is 12.7. The second-order valence-corrected chi connectivity index (χ2v) is 7.05. The third-order valence-electron chi connectivity index (χ3n) is 4.49. The molecule has 20 heavy (non-hydrogen) atoms. The first-order valence-electron chi connectivity index (χ1n) is 7.02. The normalized spacial score (nSPS) is 26.6. The van der Waals surface area contributed by atoms with Crippen molar-refractivity contribution in [3.05, 3.63) is 19.3 Å². The first-order chi connectivity index (χ1) is 9.21. The van der Waals surface area contributed by atoms with Crippen molar-refractivity contribution < 1.29 is 14.0 Å². The van der Waals surface area contributed by atoms with Crippen LogP contribution in [0.15, 0.2) is 12.4 Å². The number of hydrogen-bond acceptors (Lipinski definition) is 4. The summed E-state index contributed by atoms with van der Waals surface area (Å²) in [5.74, 6) is 0. The predicted octanol–water partition coefficient (Wildman–Crippen LogP) is 1.03. The lowest BCUT2D eigenvalue weighted by molar-refractivity contribution is -0.0941. The molecule has 0 amide bonds. The van der Waals surface area contributed by atoms with Crippen LogP contribution in [0.25, 0.3) is 0 Å². The van der Waals surface area contributed by atoms with Gasteiger partial charge in [0.05, 0.1) is 31.0 Å². The van der Waals surface area contributed by atoms with Gasteiger partial charge in [0.1, 0.15) is 0 Å². The number of hydrogen-bond donors (Lipinski definition) is 0. The van der Waals surface area contributed by atoms with Crippen LogP contribution in [0.1, 0.15) is 27.7 Å². The highest BCUT2D eigenvalue weighted by atomic mass is 16.7. The van der Waals surface area contributed by atoms with Crippen LogP contribution in [0.4, 0.5) is 0 Å². The molecular weight excluding hydrogens is 255 g/mol. The van der Waals surface area contributed by atoms with E-state index >= 15 is 0 Å². The average molecular weight is 277 g/mol. The van der Waals surface area contributed by atoms with Crippen LogP contribution >= 0.6 is 0 Å². The molecule has 5 nitrogen and oxygen atoms in total. The predicted molar refractivity (Wildman–Crippen MR) is 76.6 cm³/mol. The Kier molecular flexibility index (Phi) is 3.05. The average Bonchev–Trinajstić information content (AvgIpc) is 2.80. The highest BCUT2D eigenvalue weighted by Gasteiger charge is 2.52. The largest absolute Gasteiger partial charge is 0.498 e. The van der Waals surface area contributed by atoms with Gasteiger partial charge in [-0.2, -0.15) is 5.10 Å². The molecule has 0 N–H and O–H groups in total. The molecule has 0 aromatic carbocycles. The Labute approximate surface area is 120 Å². The summed E-state index contributed by atoms with van der Waals surface area (Å²) in [7, 11) is -0.354. The topological polar surface area (TPSA) is 45.5 Å². The smallest absolute Gasteiger partial charge is 0.399 e. The molecule has 2 fully saturated rings. The van der Waals surface area contributed by atoms with E-state index in [1.54, 1.807) is 0 Å². The molecule has 0 aliphatic carbocycles. The molecule has 0 atom stereocenters. The summed E-state index contributed by atoms with van der Waals surface area (Å²) in [4.78, 5) is 0. The first kappa shape index (κ1) is 14.1. The molecule has 0 saturated carbocycles. The fourth-order valence-electron chi connectivity index (χ4n) is 2.39. The fourth-order valence-corrected chi connectivity index (χ4v) is 2.39. The molecule has 3 rings (SSSR count). The Morgan fingerprint density at radius 1 is 1.25 bits per heavy atom. The summed E-state index contributed by atoms with van der Waals surface area (Å²) >= 11 is 0. The second kappa shape index (κ2) is 4.32. The van der Waals surface area contributed by atoms with Crippen LogP contribution in [0.5, 0.6) is 0 Å². The van der Waals surface area contributed by atoms with Gasteiger partial charge in [-0.1, -0.05) is 0 Å². The molecule has 0 spiro atoms. The molecule has 1 aromatic rings. The van der Waals surface area contributed by atoms with Gasteiger partial charge in [0.2, 0.25) is 0 Å². The number of nitrogens with zero attached hydrogens (tertiary/aromatic N) is 2. The van der Waals surface area contributed by atoms with Gasteiger partial charge >= 0.3 is 7.12 Å². The zero-order valence-electron chi connectivity index (χ0n) is 12.7. The highest BCUT2D eigenvalue weighted by Crippen LogP contribution is 2.36. The molecule has 109 valence electrons. The van der Waals surface area contributed by atoms with Crippen LogP contribution in [0.2, 0.25) is 0 Å². The maximum absolute atomic E-state index is 6.02. The van der Waals surface area contributed by atoms with Gasteiger partial charge in [0.15, 0.2) is 0 Å². The van der Waals surface area contributed by atoms with E-state index in [1.165, 1.54) is 0 Å². The molecule has 0 bridgehead atoms. The van der Waals surface area contributed by atoms with Crippen LogP contribution in [-0.4, -0.2) is 41.3 Å². The third-order valence-corrected chi connectivity index (χ3v) is 4.49. The van der Waals surface area contributed by atoms with Crippen LogP contribution in [0, 0.1) is 12.3 Å². The number of ether oxygens (including phenoxy) is 1. The van der Waals surface area contributed by atoms with E-state index in [2.05, 4.69) is 12.0 Å². The molecule has 2 saturated heterocycles. The summed E-state index contributed by atoms with van der Waals surface area (Å²) in [6, 6.07) is 0. The lowest BCUT2D eigenvalue weighted by Gasteiger charge is -2.37. The quantitative estimate of drug-likeness (QED) is 0.774. The summed E-state index contributed by atoms with van der Waals surface area (Å²) in [6.07, 6.45) is 3.79. The van der Waals surface area contributed by atoms with Gasteiger partial charge in [0, 0.05) is 23.3 Å². The van der Waals surface area contributed by atoms with E-state index < -0.39 is 0 Å². The van der Waals surface area contributed by atoms with E-state index in [0.29, 0.717) is 13.2 Å². The molecule has 6 heteroatoms. The monoisotopic (exact) mass is 277 g/mol. The maximum Gasteiger partial charge on any atom is 0.498 e. The van der Waals surface area contributed by atoms with Gasteiger partial charge in [-0.25, -0.2) is 0 Å². The van der Waals surface area contributed by atoms with Gasteiger partial charge in [-0.15, -0.1) is 0 Å². The van der Waals surface area contributed by atoms with E-state index in [4.69, 9.17) is 14.0 Å². The van der Waals surface area contributed by atoms with E-state index in [-0.39, 0.29) is 23.7 Å². The van der Waals surface area contributed by atoms with E-state index in [1.807, 2.05) is 44.8 Å². The fraction of sp³-hybridized carbons (Fsp3) is 0.714. The molecule has 2 aliphatic heterocycles. The summed E-state index contributed by atoms with van der Waals surface area (Å²) < 4.78 is 19.2. The Morgan fingerprint density at radius 3 is 2.35 bits per heavy atom. The molecule has 3 heterocycles. The standard InChI is InChI=1S/C14H22BN2O3/c1-12(2)13(3,4)20-15(19-12)11-6-16-17(7-11)8-14(5)9-18-10-14/h6-7H,5,8-10H2,1-4H3. The lowest BCUT2D eigenvalue weighted by atomic mass is 9.82. The van der Waals surface area contributed by atoms with E-state index in [9.17, 15) is 0 Å². The minimum absolute atomic E-state index is 0.0424. The van der Waals surface area contributed by atoms with Gasteiger partial charge in [-0.3, -0.25) is 4.68 Å². The second-order valence-electron chi connectivity index (χ2n) is 7.05. The Morgan fingerprint density at radius 2 is 1.85 bits per heavy atom. The van der Waals surface area contributed by atoms with Crippen LogP contribution < -0.4 is 5.46 Å². The van der Waals surface area contributed by atoms with Gasteiger partial charge in [0.25, 0.3) is 0 Å². The van der Waals surface area contributed by atoms with Crippen molar-refractivity contribution in [2.75, 3.05) is 13.2 Å². The maximum atomic E-state index is 6.02. The molecular formula is C14H22BN2O3. The number of rotatable bonds is 3. The minimum atomic E-state index is -0.354. The SMILES string of the molecule is [CH2]C1(Cn2cc(B3OC(C)(C)C(C)(C)O3)cn2)COC1. The van der Waals surface area contributed by atoms with Crippen molar-refractivity contribution in [1.82, 2.24) is 9.78 Å². The summed E-state index contributed by atoms with van der Waals surface area (Å²) in [6.45, 7) is 14.5. The molecule has 1 radical (unpaired) electrons. The van der Waals surface area contributed by atoms with Crippen molar-refractivity contribution in [3.8, 4) is 0 Å². The highest BCUT2D eigenvalue weighted by molar-refractivity contribution is 6.61.